The molecule has 0 fully saturated rings. The second-order valence-electron chi connectivity index (χ2n) is 3.96. The van der Waals surface area contributed by atoms with E-state index in [0.29, 0.717) is 6.54 Å². The van der Waals surface area contributed by atoms with Gasteiger partial charge >= 0.3 is 0 Å². The second kappa shape index (κ2) is 6.13. The van der Waals surface area contributed by atoms with Crippen molar-refractivity contribution in [2.75, 3.05) is 19.0 Å². The zero-order valence-corrected chi connectivity index (χ0v) is 10.8. The van der Waals surface area contributed by atoms with E-state index in [1.807, 2.05) is 39.0 Å². The molecule has 1 amide bonds. The van der Waals surface area contributed by atoms with E-state index in [-0.39, 0.29) is 11.9 Å². The number of hydrogen-bond acceptors (Lipinski definition) is 3. The predicted molar refractivity (Wildman–Crippen MR) is 69.5 cm³/mol. The van der Waals surface area contributed by atoms with E-state index in [4.69, 9.17) is 4.74 Å². The van der Waals surface area contributed by atoms with Gasteiger partial charge < -0.3 is 15.4 Å². The van der Waals surface area contributed by atoms with Gasteiger partial charge in [0.05, 0.1) is 12.8 Å². The maximum Gasteiger partial charge on any atom is 0.242 e. The Balaban J connectivity index is 2.79. The molecule has 0 aliphatic heterocycles. The van der Waals surface area contributed by atoms with E-state index in [0.717, 1.165) is 17.0 Å². The normalized spacial score (nSPS) is 11.8. The number of carbonyl (C=O) groups excluding carboxylic acids is 1. The van der Waals surface area contributed by atoms with Crippen molar-refractivity contribution in [2.24, 2.45) is 0 Å². The summed E-state index contributed by atoms with van der Waals surface area (Å²) in [6, 6.07) is 5.54. The predicted octanol–water partition coefficient (Wildman–Crippen LogP) is 1.94. The van der Waals surface area contributed by atoms with Gasteiger partial charge in [-0.25, -0.2) is 0 Å². The molecule has 94 valence electrons. The van der Waals surface area contributed by atoms with E-state index in [1.54, 1.807) is 7.11 Å². The van der Waals surface area contributed by atoms with Gasteiger partial charge in [0.2, 0.25) is 5.91 Å². The third-order valence-electron chi connectivity index (χ3n) is 2.47. The standard InChI is InChI=1S/C13H20N2O2/c1-5-14-13(16)10(3)15-11-8-9(2)6-7-12(11)17-4/h6-8,10,15H,5H2,1-4H3,(H,14,16)/t10-/m0/s1. The Morgan fingerprint density at radius 3 is 2.76 bits per heavy atom. The number of hydrogen-bond donors (Lipinski definition) is 2. The first-order chi connectivity index (χ1) is 8.08. The number of carbonyl (C=O) groups is 1. The summed E-state index contributed by atoms with van der Waals surface area (Å²) in [4.78, 5) is 11.6. The van der Waals surface area contributed by atoms with Crippen molar-refractivity contribution in [3.05, 3.63) is 23.8 Å². The van der Waals surface area contributed by atoms with Gasteiger partial charge in [0, 0.05) is 6.54 Å². The van der Waals surface area contributed by atoms with Crippen LogP contribution in [0.25, 0.3) is 0 Å². The SMILES string of the molecule is CCNC(=O)[C@H](C)Nc1cc(C)ccc1OC. The monoisotopic (exact) mass is 236 g/mol. The van der Waals surface area contributed by atoms with Gasteiger partial charge in [0.15, 0.2) is 0 Å². The first-order valence-corrected chi connectivity index (χ1v) is 5.77. The lowest BCUT2D eigenvalue weighted by Crippen LogP contribution is -2.37. The van der Waals surface area contributed by atoms with Crippen LogP contribution in [0.5, 0.6) is 5.75 Å². The summed E-state index contributed by atoms with van der Waals surface area (Å²) in [5, 5.41) is 5.93. The average Bonchev–Trinajstić information content (AvgIpc) is 2.29. The molecule has 17 heavy (non-hydrogen) atoms. The fourth-order valence-corrected chi connectivity index (χ4v) is 1.56. The molecular weight excluding hydrogens is 216 g/mol. The Morgan fingerprint density at radius 2 is 2.18 bits per heavy atom. The smallest absolute Gasteiger partial charge is 0.242 e. The van der Waals surface area contributed by atoms with E-state index in [9.17, 15) is 4.79 Å². The fourth-order valence-electron chi connectivity index (χ4n) is 1.56. The molecule has 0 unspecified atom stereocenters. The molecular formula is C13H20N2O2. The first-order valence-electron chi connectivity index (χ1n) is 5.77. The number of amides is 1. The summed E-state index contributed by atoms with van der Waals surface area (Å²) in [6.07, 6.45) is 0. The van der Waals surface area contributed by atoms with Gasteiger partial charge in [-0.15, -0.1) is 0 Å². The quantitative estimate of drug-likeness (QED) is 0.821. The van der Waals surface area contributed by atoms with Gasteiger partial charge in [-0.3, -0.25) is 4.79 Å². The van der Waals surface area contributed by atoms with Crippen molar-refractivity contribution in [1.82, 2.24) is 5.32 Å². The van der Waals surface area contributed by atoms with Crippen molar-refractivity contribution in [2.45, 2.75) is 26.8 Å². The summed E-state index contributed by atoms with van der Waals surface area (Å²) >= 11 is 0. The Kier molecular flexibility index (Phi) is 4.82. The lowest BCUT2D eigenvalue weighted by Gasteiger charge is -2.17. The zero-order chi connectivity index (χ0) is 12.8. The van der Waals surface area contributed by atoms with E-state index >= 15 is 0 Å². The van der Waals surface area contributed by atoms with Crippen molar-refractivity contribution < 1.29 is 9.53 Å². The van der Waals surface area contributed by atoms with Crippen LogP contribution in [0, 0.1) is 6.92 Å². The highest BCUT2D eigenvalue weighted by molar-refractivity contribution is 5.84. The highest BCUT2D eigenvalue weighted by Gasteiger charge is 2.13. The average molecular weight is 236 g/mol. The molecule has 0 aromatic heterocycles. The summed E-state index contributed by atoms with van der Waals surface area (Å²) in [5.74, 6) is 0.725. The Labute approximate surface area is 102 Å². The largest absolute Gasteiger partial charge is 0.495 e. The first kappa shape index (κ1) is 13.4. The molecule has 0 radical (unpaired) electrons. The van der Waals surface area contributed by atoms with E-state index < -0.39 is 0 Å². The van der Waals surface area contributed by atoms with Crippen molar-refractivity contribution >= 4 is 11.6 Å². The minimum atomic E-state index is -0.286. The molecule has 0 aliphatic carbocycles. The molecule has 0 spiro atoms. The zero-order valence-electron chi connectivity index (χ0n) is 10.8. The van der Waals surface area contributed by atoms with Gasteiger partial charge in [-0.05, 0) is 38.5 Å². The van der Waals surface area contributed by atoms with Crippen LogP contribution in [0.15, 0.2) is 18.2 Å². The van der Waals surface area contributed by atoms with E-state index in [1.165, 1.54) is 0 Å². The fraction of sp³-hybridized carbons (Fsp3) is 0.462. The van der Waals surface area contributed by atoms with Crippen molar-refractivity contribution in [3.63, 3.8) is 0 Å². The van der Waals surface area contributed by atoms with Crippen molar-refractivity contribution in [1.29, 1.82) is 0 Å². The van der Waals surface area contributed by atoms with Crippen LogP contribution in [0.2, 0.25) is 0 Å². The van der Waals surface area contributed by atoms with Gasteiger partial charge in [0.25, 0.3) is 0 Å². The number of nitrogens with one attached hydrogen (secondary N) is 2. The molecule has 0 heterocycles. The number of aryl methyl sites for hydroxylation is 1. The summed E-state index contributed by atoms with van der Waals surface area (Å²) in [6.45, 7) is 6.36. The third-order valence-corrected chi connectivity index (χ3v) is 2.47. The molecule has 1 aromatic rings. The number of benzene rings is 1. The topological polar surface area (TPSA) is 50.4 Å². The number of ether oxygens (including phenoxy) is 1. The number of rotatable bonds is 5. The highest BCUT2D eigenvalue weighted by Crippen LogP contribution is 2.25. The minimum absolute atomic E-state index is 0.0175. The number of likely N-dealkylation sites (N-methyl/N-ethyl adjacent to an activating group) is 1. The minimum Gasteiger partial charge on any atom is -0.495 e. The Bertz CT molecular complexity index is 391. The number of methoxy groups -OCH3 is 1. The van der Waals surface area contributed by atoms with E-state index in [2.05, 4.69) is 10.6 Å². The molecule has 4 heteroatoms. The number of anilines is 1. The van der Waals surface area contributed by atoms with Gasteiger partial charge in [-0.1, -0.05) is 6.07 Å². The highest BCUT2D eigenvalue weighted by atomic mass is 16.5. The molecule has 4 nitrogen and oxygen atoms in total. The van der Waals surface area contributed by atoms with Crippen LogP contribution in [0.4, 0.5) is 5.69 Å². The molecule has 1 atom stereocenters. The second-order valence-corrected chi connectivity index (χ2v) is 3.96. The van der Waals surface area contributed by atoms with Crippen LogP contribution in [-0.4, -0.2) is 25.6 Å². The maximum atomic E-state index is 11.6. The Morgan fingerprint density at radius 1 is 1.47 bits per heavy atom. The molecule has 2 N–H and O–H groups in total. The molecule has 1 aromatic carbocycles. The lowest BCUT2D eigenvalue weighted by molar-refractivity contribution is -0.121. The third kappa shape index (κ3) is 3.66. The lowest BCUT2D eigenvalue weighted by atomic mass is 10.2. The summed E-state index contributed by atoms with van der Waals surface area (Å²) in [5.41, 5.74) is 1.96. The molecule has 0 aliphatic rings. The van der Waals surface area contributed by atoms with Gasteiger partial charge in [0.1, 0.15) is 11.8 Å². The van der Waals surface area contributed by atoms with Crippen LogP contribution in [0.3, 0.4) is 0 Å². The summed E-state index contributed by atoms with van der Waals surface area (Å²) < 4.78 is 5.25. The Hall–Kier alpha value is -1.71. The van der Waals surface area contributed by atoms with Crippen LogP contribution in [0.1, 0.15) is 19.4 Å². The summed E-state index contributed by atoms with van der Waals surface area (Å²) in [7, 11) is 1.62. The molecule has 0 saturated carbocycles. The molecule has 1 rings (SSSR count). The van der Waals surface area contributed by atoms with Crippen LogP contribution < -0.4 is 15.4 Å². The molecule has 0 saturated heterocycles. The van der Waals surface area contributed by atoms with Crippen LogP contribution in [-0.2, 0) is 4.79 Å². The van der Waals surface area contributed by atoms with Crippen molar-refractivity contribution in [3.8, 4) is 5.75 Å². The van der Waals surface area contributed by atoms with Gasteiger partial charge in [-0.2, -0.15) is 0 Å². The van der Waals surface area contributed by atoms with Crippen LogP contribution >= 0.6 is 0 Å². The maximum absolute atomic E-state index is 11.6. The molecule has 0 bridgehead atoms.